The number of rotatable bonds is 5. The Morgan fingerprint density at radius 3 is 2.89 bits per heavy atom. The highest BCUT2D eigenvalue weighted by molar-refractivity contribution is 9.10. The van der Waals surface area contributed by atoms with E-state index < -0.39 is 0 Å². The summed E-state index contributed by atoms with van der Waals surface area (Å²) in [5, 5.41) is 7.48. The Morgan fingerprint density at radius 1 is 1.53 bits per heavy atom. The predicted molar refractivity (Wildman–Crippen MR) is 79.8 cm³/mol. The van der Waals surface area contributed by atoms with E-state index in [2.05, 4.69) is 26.3 Å². The summed E-state index contributed by atoms with van der Waals surface area (Å²) in [6.07, 6.45) is 1.78. The number of benzene rings is 1. The molecule has 0 bridgehead atoms. The third-order valence-electron chi connectivity index (χ3n) is 2.83. The largest absolute Gasteiger partial charge is 0.311 e. The van der Waals surface area contributed by atoms with E-state index in [1.807, 2.05) is 24.8 Å². The molecule has 6 heteroatoms. The minimum Gasteiger partial charge on any atom is -0.311 e. The van der Waals surface area contributed by atoms with Gasteiger partial charge in [0.25, 0.3) is 0 Å². The number of thioether (sulfide) groups is 1. The molecule has 0 aliphatic carbocycles. The number of aromatic nitrogens is 2. The fourth-order valence-corrected chi connectivity index (χ4v) is 3.53. The SMILES string of the molecule is CNC(CSc1cccc(F)c1)c1c(Br)cnn1C. The molecule has 0 amide bonds. The molecule has 3 nitrogen and oxygen atoms in total. The van der Waals surface area contributed by atoms with E-state index in [0.29, 0.717) is 0 Å². The normalized spacial score (nSPS) is 12.6. The van der Waals surface area contributed by atoms with Gasteiger partial charge in [-0.1, -0.05) is 6.07 Å². The summed E-state index contributed by atoms with van der Waals surface area (Å²) in [4.78, 5) is 0.929. The molecule has 0 saturated carbocycles. The van der Waals surface area contributed by atoms with Gasteiger partial charge in [-0.3, -0.25) is 4.68 Å². The number of aryl methyl sites for hydroxylation is 1. The van der Waals surface area contributed by atoms with Gasteiger partial charge in [0.2, 0.25) is 0 Å². The quantitative estimate of drug-likeness (QED) is 0.844. The lowest BCUT2D eigenvalue weighted by Gasteiger charge is -2.17. The van der Waals surface area contributed by atoms with Gasteiger partial charge >= 0.3 is 0 Å². The summed E-state index contributed by atoms with van der Waals surface area (Å²) in [6.45, 7) is 0. The Kier molecular flexibility index (Phi) is 5.01. The van der Waals surface area contributed by atoms with Gasteiger partial charge in [0, 0.05) is 17.7 Å². The van der Waals surface area contributed by atoms with E-state index >= 15 is 0 Å². The van der Waals surface area contributed by atoms with Crippen LogP contribution in [-0.4, -0.2) is 22.6 Å². The zero-order chi connectivity index (χ0) is 13.8. The van der Waals surface area contributed by atoms with Gasteiger partial charge in [-0.05, 0) is 41.2 Å². The van der Waals surface area contributed by atoms with Crippen LogP contribution >= 0.6 is 27.7 Å². The number of nitrogens with zero attached hydrogens (tertiary/aromatic N) is 2. The molecule has 0 saturated heterocycles. The topological polar surface area (TPSA) is 29.9 Å². The van der Waals surface area contributed by atoms with Crippen molar-refractivity contribution in [3.05, 3.63) is 46.4 Å². The highest BCUT2D eigenvalue weighted by atomic mass is 79.9. The first-order valence-corrected chi connectivity index (χ1v) is 7.62. The van der Waals surface area contributed by atoms with E-state index in [9.17, 15) is 4.39 Å². The molecule has 0 radical (unpaired) electrons. The third kappa shape index (κ3) is 3.58. The van der Waals surface area contributed by atoms with Crippen molar-refractivity contribution in [2.75, 3.05) is 12.8 Å². The summed E-state index contributed by atoms with van der Waals surface area (Å²) in [5.74, 6) is 0.602. The van der Waals surface area contributed by atoms with Gasteiger partial charge < -0.3 is 5.32 Å². The van der Waals surface area contributed by atoms with Crippen LogP contribution in [0.15, 0.2) is 39.8 Å². The minimum atomic E-state index is -0.201. The van der Waals surface area contributed by atoms with Crippen LogP contribution in [0.25, 0.3) is 0 Å². The van der Waals surface area contributed by atoms with Crippen LogP contribution < -0.4 is 5.32 Å². The van der Waals surface area contributed by atoms with E-state index in [1.165, 1.54) is 6.07 Å². The first-order valence-electron chi connectivity index (χ1n) is 5.85. The second kappa shape index (κ2) is 6.54. The maximum absolute atomic E-state index is 13.1. The Morgan fingerprint density at radius 2 is 2.32 bits per heavy atom. The molecule has 2 rings (SSSR count). The van der Waals surface area contributed by atoms with Gasteiger partial charge in [-0.2, -0.15) is 5.10 Å². The summed E-state index contributed by atoms with van der Waals surface area (Å²) < 4.78 is 15.9. The van der Waals surface area contributed by atoms with Crippen LogP contribution in [0, 0.1) is 5.82 Å². The number of hydrogen-bond acceptors (Lipinski definition) is 3. The van der Waals surface area contributed by atoms with Crippen molar-refractivity contribution in [2.45, 2.75) is 10.9 Å². The molecule has 0 aliphatic rings. The first-order chi connectivity index (χ1) is 9.11. The molecule has 1 atom stereocenters. The zero-order valence-corrected chi connectivity index (χ0v) is 13.1. The fourth-order valence-electron chi connectivity index (χ4n) is 1.85. The molecule has 1 aromatic carbocycles. The Balaban J connectivity index is 2.08. The van der Waals surface area contributed by atoms with Crippen molar-refractivity contribution >= 4 is 27.7 Å². The van der Waals surface area contributed by atoms with Crippen molar-refractivity contribution in [1.82, 2.24) is 15.1 Å². The lowest BCUT2D eigenvalue weighted by Crippen LogP contribution is -2.22. The summed E-state index contributed by atoms with van der Waals surface area (Å²) in [5.41, 5.74) is 1.09. The molecule has 1 aromatic heterocycles. The van der Waals surface area contributed by atoms with Gasteiger partial charge in [-0.25, -0.2) is 4.39 Å². The van der Waals surface area contributed by atoms with Crippen LogP contribution in [0.4, 0.5) is 4.39 Å². The molecular weight excluding hydrogens is 329 g/mol. The lowest BCUT2D eigenvalue weighted by atomic mass is 10.2. The Hall–Kier alpha value is -0.850. The van der Waals surface area contributed by atoms with Crippen molar-refractivity contribution in [3.8, 4) is 0 Å². The minimum absolute atomic E-state index is 0.148. The first kappa shape index (κ1) is 14.6. The molecule has 0 aliphatic heterocycles. The van der Waals surface area contributed by atoms with E-state index in [4.69, 9.17) is 0 Å². The fraction of sp³-hybridized carbons (Fsp3) is 0.308. The molecule has 0 spiro atoms. The van der Waals surface area contributed by atoms with Crippen LogP contribution in [0.1, 0.15) is 11.7 Å². The van der Waals surface area contributed by atoms with Crippen LogP contribution in [0.2, 0.25) is 0 Å². The van der Waals surface area contributed by atoms with Gasteiger partial charge in [0.05, 0.1) is 22.4 Å². The van der Waals surface area contributed by atoms with Gasteiger partial charge in [-0.15, -0.1) is 11.8 Å². The number of hydrogen-bond donors (Lipinski definition) is 1. The summed E-state index contributed by atoms with van der Waals surface area (Å²) >= 11 is 5.12. The second-order valence-corrected chi connectivity index (χ2v) is 6.06. The average Bonchev–Trinajstić information content (AvgIpc) is 2.71. The second-order valence-electron chi connectivity index (χ2n) is 4.11. The molecule has 0 fully saturated rings. The lowest BCUT2D eigenvalue weighted by molar-refractivity contribution is 0.583. The molecule has 1 N–H and O–H groups in total. The molecule has 1 heterocycles. The van der Waals surface area contributed by atoms with Crippen molar-refractivity contribution in [2.24, 2.45) is 7.05 Å². The maximum Gasteiger partial charge on any atom is 0.124 e. The average molecular weight is 344 g/mol. The summed E-state index contributed by atoms with van der Waals surface area (Å²) in [6, 6.07) is 6.80. The zero-order valence-electron chi connectivity index (χ0n) is 10.7. The van der Waals surface area contributed by atoms with E-state index in [-0.39, 0.29) is 11.9 Å². The molecule has 2 aromatic rings. The number of halogens is 2. The molecule has 1 unspecified atom stereocenters. The standard InChI is InChI=1S/C13H15BrFN3S/c1-16-12(13-11(14)7-17-18(13)2)8-19-10-5-3-4-9(15)6-10/h3-7,12,16H,8H2,1-2H3. The van der Waals surface area contributed by atoms with E-state index in [1.54, 1.807) is 30.1 Å². The molecular formula is C13H15BrFN3S. The highest BCUT2D eigenvalue weighted by Crippen LogP contribution is 2.28. The number of nitrogens with one attached hydrogen (secondary N) is 1. The van der Waals surface area contributed by atoms with Crippen molar-refractivity contribution in [3.63, 3.8) is 0 Å². The maximum atomic E-state index is 13.1. The molecule has 102 valence electrons. The monoisotopic (exact) mass is 343 g/mol. The van der Waals surface area contributed by atoms with Crippen LogP contribution in [0.3, 0.4) is 0 Å². The van der Waals surface area contributed by atoms with Crippen molar-refractivity contribution in [1.29, 1.82) is 0 Å². The van der Waals surface area contributed by atoms with Crippen molar-refractivity contribution < 1.29 is 4.39 Å². The smallest absolute Gasteiger partial charge is 0.124 e. The Labute approximate surface area is 124 Å². The van der Waals surface area contributed by atoms with Crippen LogP contribution in [-0.2, 0) is 7.05 Å². The molecule has 19 heavy (non-hydrogen) atoms. The highest BCUT2D eigenvalue weighted by Gasteiger charge is 2.17. The van der Waals surface area contributed by atoms with Gasteiger partial charge in [0.15, 0.2) is 0 Å². The van der Waals surface area contributed by atoms with Crippen LogP contribution in [0.5, 0.6) is 0 Å². The van der Waals surface area contributed by atoms with E-state index in [0.717, 1.165) is 20.8 Å². The third-order valence-corrected chi connectivity index (χ3v) is 4.53. The predicted octanol–water partition coefficient (Wildman–Crippen LogP) is 3.37. The van der Waals surface area contributed by atoms with Gasteiger partial charge in [0.1, 0.15) is 5.82 Å². The summed E-state index contributed by atoms with van der Waals surface area (Å²) in [7, 11) is 3.83. The Bertz CT molecular complexity index is 539.